The van der Waals surface area contributed by atoms with E-state index in [1.165, 1.54) is 17.0 Å². The molecule has 0 radical (unpaired) electrons. The Labute approximate surface area is 174 Å². The Kier molecular flexibility index (Phi) is 6.26. The number of rotatable bonds is 4. The zero-order valence-corrected chi connectivity index (χ0v) is 16.8. The molecule has 1 aromatic rings. The molecule has 158 valence electrons. The number of amides is 4. The summed E-state index contributed by atoms with van der Waals surface area (Å²) in [7, 11) is 0. The summed E-state index contributed by atoms with van der Waals surface area (Å²) in [4.78, 5) is 38.7. The number of nitrogens with two attached hydrogens (primary N) is 1. The summed E-state index contributed by atoms with van der Waals surface area (Å²) in [6, 6.07) is 3.67. The Hall–Kier alpha value is -2.03. The van der Waals surface area contributed by atoms with E-state index in [-0.39, 0.29) is 30.7 Å². The molecule has 2 saturated heterocycles. The summed E-state index contributed by atoms with van der Waals surface area (Å²) in [5.41, 5.74) is 7.62. The number of hydrogen-bond donors (Lipinski definition) is 2. The fourth-order valence-corrected chi connectivity index (χ4v) is 4.59. The molecule has 1 aromatic carbocycles. The quantitative estimate of drug-likeness (QED) is 0.718. The molecular formula is C20H25ClFN3O4. The third kappa shape index (κ3) is 4.01. The number of carbonyl (C=O) groups excluding carboxylic acids is 3. The van der Waals surface area contributed by atoms with E-state index in [0.717, 1.165) is 11.1 Å². The summed E-state index contributed by atoms with van der Waals surface area (Å²) >= 11 is 0. The van der Waals surface area contributed by atoms with Gasteiger partial charge in [-0.3, -0.25) is 19.8 Å². The number of imide groups is 2. The lowest BCUT2D eigenvalue weighted by molar-refractivity contribution is -0.145. The topological polar surface area (TPSA) is 102 Å². The minimum atomic E-state index is -0.939. The highest BCUT2D eigenvalue weighted by molar-refractivity contribution is 6.16. The zero-order valence-electron chi connectivity index (χ0n) is 16.0. The molecule has 0 bridgehead atoms. The fourth-order valence-electron chi connectivity index (χ4n) is 4.59. The molecule has 3 aliphatic rings. The van der Waals surface area contributed by atoms with Crippen LogP contribution in [0.4, 0.5) is 9.18 Å². The smallest absolute Gasteiger partial charge is 0.331 e. The summed E-state index contributed by atoms with van der Waals surface area (Å²) < 4.78 is 18.8. The highest BCUT2D eigenvalue weighted by Gasteiger charge is 2.45. The maximum atomic E-state index is 13.5. The minimum Gasteiger partial charge on any atom is -0.381 e. The molecule has 1 aliphatic carbocycles. The summed E-state index contributed by atoms with van der Waals surface area (Å²) in [5, 5.41) is 2.32. The van der Waals surface area contributed by atoms with Gasteiger partial charge in [-0.05, 0) is 61.8 Å². The van der Waals surface area contributed by atoms with Gasteiger partial charge in [-0.2, -0.15) is 0 Å². The van der Waals surface area contributed by atoms with E-state index >= 15 is 0 Å². The summed E-state index contributed by atoms with van der Waals surface area (Å²) in [5.74, 6) is -2.26. The van der Waals surface area contributed by atoms with E-state index in [2.05, 4.69) is 5.32 Å². The number of nitrogens with zero attached hydrogens (tertiary/aromatic N) is 1. The second-order valence-electron chi connectivity index (χ2n) is 7.90. The van der Waals surface area contributed by atoms with Crippen LogP contribution in [0.15, 0.2) is 18.2 Å². The standard InChI is InChI=1S/C20H24FN3O4.ClH/c21-13-1-2-16-12(11-13)3-7-20(16,22)8-4-15-17(25)23-19(27)24(18(15)26)14-5-9-28-10-6-14;/h1-2,11,14-15H,3-10,22H2,(H,23,25,27);1H/t15?,20-;/m1./s1. The lowest BCUT2D eigenvalue weighted by Gasteiger charge is -2.38. The molecular weight excluding hydrogens is 401 g/mol. The van der Waals surface area contributed by atoms with Gasteiger partial charge >= 0.3 is 6.03 Å². The lowest BCUT2D eigenvalue weighted by atomic mass is 9.84. The van der Waals surface area contributed by atoms with Gasteiger partial charge in [0.2, 0.25) is 11.8 Å². The number of aryl methyl sites for hydroxylation is 1. The first-order valence-corrected chi connectivity index (χ1v) is 9.72. The third-order valence-electron chi connectivity index (χ3n) is 6.18. The summed E-state index contributed by atoms with van der Waals surface area (Å²) in [6.45, 7) is 0.971. The van der Waals surface area contributed by atoms with E-state index in [0.29, 0.717) is 45.3 Å². The van der Waals surface area contributed by atoms with Crippen LogP contribution in [-0.4, -0.2) is 42.0 Å². The molecule has 0 aromatic heterocycles. The van der Waals surface area contributed by atoms with Crippen molar-refractivity contribution in [3.8, 4) is 0 Å². The molecule has 2 heterocycles. The predicted molar refractivity (Wildman–Crippen MR) is 105 cm³/mol. The largest absolute Gasteiger partial charge is 0.381 e. The monoisotopic (exact) mass is 425 g/mol. The Morgan fingerprint density at radius 3 is 2.69 bits per heavy atom. The normalized spacial score (nSPS) is 27.4. The van der Waals surface area contributed by atoms with Gasteiger partial charge in [0, 0.05) is 24.8 Å². The van der Waals surface area contributed by atoms with Crippen molar-refractivity contribution in [1.29, 1.82) is 0 Å². The van der Waals surface area contributed by atoms with Crippen LogP contribution in [-0.2, 0) is 26.3 Å². The van der Waals surface area contributed by atoms with Gasteiger partial charge < -0.3 is 10.5 Å². The van der Waals surface area contributed by atoms with E-state index in [1.807, 2.05) is 0 Å². The van der Waals surface area contributed by atoms with Crippen molar-refractivity contribution in [3.05, 3.63) is 35.1 Å². The second kappa shape index (κ2) is 8.38. The van der Waals surface area contributed by atoms with E-state index in [9.17, 15) is 18.8 Å². The molecule has 0 saturated carbocycles. The SMILES string of the molecule is Cl.N[C@@]1(CCC2C(=O)NC(=O)N(C3CCOCC3)C2=O)CCc2cc(F)ccc21. The fraction of sp³-hybridized carbons (Fsp3) is 0.550. The number of barbiturate groups is 1. The van der Waals surface area contributed by atoms with Gasteiger partial charge in [0.1, 0.15) is 11.7 Å². The first-order chi connectivity index (χ1) is 13.4. The van der Waals surface area contributed by atoms with Gasteiger partial charge in [-0.15, -0.1) is 12.4 Å². The van der Waals surface area contributed by atoms with Gasteiger partial charge in [0.25, 0.3) is 0 Å². The lowest BCUT2D eigenvalue weighted by Crippen LogP contribution is -2.61. The number of urea groups is 1. The van der Waals surface area contributed by atoms with Crippen molar-refractivity contribution < 1.29 is 23.5 Å². The Morgan fingerprint density at radius 2 is 1.97 bits per heavy atom. The van der Waals surface area contributed by atoms with Crippen LogP contribution in [0.3, 0.4) is 0 Å². The average molecular weight is 426 g/mol. The van der Waals surface area contributed by atoms with Crippen LogP contribution >= 0.6 is 12.4 Å². The van der Waals surface area contributed by atoms with Gasteiger partial charge in [-0.1, -0.05) is 6.07 Å². The van der Waals surface area contributed by atoms with Crippen LogP contribution in [0.25, 0.3) is 0 Å². The molecule has 7 nitrogen and oxygen atoms in total. The molecule has 9 heteroatoms. The third-order valence-corrected chi connectivity index (χ3v) is 6.18. The molecule has 2 fully saturated rings. The molecule has 4 amide bonds. The number of nitrogens with one attached hydrogen (secondary N) is 1. The Balaban J connectivity index is 0.00000240. The maximum Gasteiger partial charge on any atom is 0.331 e. The number of hydrogen-bond acceptors (Lipinski definition) is 5. The Bertz CT molecular complexity index is 830. The number of ether oxygens (including phenoxy) is 1. The second-order valence-corrected chi connectivity index (χ2v) is 7.90. The first-order valence-electron chi connectivity index (χ1n) is 9.72. The first kappa shape index (κ1) is 21.7. The number of halogens is 2. The van der Waals surface area contributed by atoms with Crippen molar-refractivity contribution in [1.82, 2.24) is 10.2 Å². The van der Waals surface area contributed by atoms with Gasteiger partial charge in [0.15, 0.2) is 0 Å². The summed E-state index contributed by atoms with van der Waals surface area (Å²) in [6.07, 6.45) is 3.09. The molecule has 4 rings (SSSR count). The van der Waals surface area contributed by atoms with E-state index in [4.69, 9.17) is 10.5 Å². The molecule has 29 heavy (non-hydrogen) atoms. The van der Waals surface area contributed by atoms with Crippen LogP contribution < -0.4 is 11.1 Å². The van der Waals surface area contributed by atoms with Crippen molar-refractivity contribution in [2.45, 2.75) is 50.1 Å². The zero-order chi connectivity index (χ0) is 19.9. The minimum absolute atomic E-state index is 0. The maximum absolute atomic E-state index is 13.5. The van der Waals surface area contributed by atoms with Crippen LogP contribution in [0.5, 0.6) is 0 Å². The van der Waals surface area contributed by atoms with Gasteiger partial charge in [-0.25, -0.2) is 9.18 Å². The molecule has 1 unspecified atom stereocenters. The molecule has 3 N–H and O–H groups in total. The number of fused-ring (bicyclic) bond motifs is 1. The van der Waals surface area contributed by atoms with Crippen LogP contribution in [0.1, 0.15) is 43.2 Å². The number of benzene rings is 1. The van der Waals surface area contributed by atoms with Crippen molar-refractivity contribution in [2.75, 3.05) is 13.2 Å². The van der Waals surface area contributed by atoms with E-state index in [1.54, 1.807) is 6.07 Å². The molecule has 2 atom stereocenters. The number of carbonyl (C=O) groups is 3. The average Bonchev–Trinajstić information content (AvgIpc) is 2.98. The molecule has 0 spiro atoms. The van der Waals surface area contributed by atoms with Gasteiger partial charge in [0.05, 0.1) is 0 Å². The molecule has 2 aliphatic heterocycles. The van der Waals surface area contributed by atoms with Crippen molar-refractivity contribution in [2.24, 2.45) is 11.7 Å². The van der Waals surface area contributed by atoms with Crippen molar-refractivity contribution in [3.63, 3.8) is 0 Å². The predicted octanol–water partition coefficient (Wildman–Crippen LogP) is 2.00. The highest BCUT2D eigenvalue weighted by Crippen LogP contribution is 2.39. The Morgan fingerprint density at radius 1 is 1.24 bits per heavy atom. The van der Waals surface area contributed by atoms with Crippen LogP contribution in [0, 0.1) is 11.7 Å². The van der Waals surface area contributed by atoms with E-state index < -0.39 is 29.3 Å². The van der Waals surface area contributed by atoms with Crippen LogP contribution in [0.2, 0.25) is 0 Å². The van der Waals surface area contributed by atoms with Crippen molar-refractivity contribution >= 4 is 30.3 Å². The highest BCUT2D eigenvalue weighted by atomic mass is 35.5.